The van der Waals surface area contributed by atoms with Crippen LogP contribution >= 0.6 is 11.8 Å². The number of nitrogens with two attached hydrogens (primary N) is 5. The molecule has 0 spiro atoms. The minimum atomic E-state index is -1.72. The van der Waals surface area contributed by atoms with Crippen molar-refractivity contribution in [3.63, 3.8) is 0 Å². The van der Waals surface area contributed by atoms with Gasteiger partial charge in [-0.25, -0.2) is 4.79 Å². The molecule has 0 aromatic heterocycles. The van der Waals surface area contributed by atoms with Gasteiger partial charge in [-0.3, -0.25) is 52.9 Å². The van der Waals surface area contributed by atoms with Crippen LogP contribution in [0.3, 0.4) is 0 Å². The fourth-order valence-electron chi connectivity index (χ4n) is 8.10. The number of likely N-dealkylation sites (tertiary alicyclic amines) is 1. The number of carboxylic acid groups (broad SMARTS) is 1. The molecule has 1 fully saturated rings. The van der Waals surface area contributed by atoms with Gasteiger partial charge in [0.15, 0.2) is 5.96 Å². The van der Waals surface area contributed by atoms with Crippen LogP contribution < -0.4 is 71.2 Å². The van der Waals surface area contributed by atoms with E-state index in [0.717, 1.165) is 4.90 Å². The van der Waals surface area contributed by atoms with Crippen LogP contribution in [0.25, 0.3) is 0 Å². The number of phenols is 1. The molecule has 2 rings (SSSR count). The topological polar surface area (TPSA) is 511 Å². The Morgan fingerprint density at radius 2 is 1.29 bits per heavy atom. The number of benzene rings is 1. The molecule has 80 heavy (non-hydrogen) atoms. The summed E-state index contributed by atoms with van der Waals surface area (Å²) in [6, 6.07) is -7.30. The summed E-state index contributed by atoms with van der Waals surface area (Å²) in [5.74, 6) is -11.1. The average Bonchev–Trinajstić information content (AvgIpc) is 3.90. The number of phenolic OH excluding ortho intramolecular Hbond substituents is 1. The van der Waals surface area contributed by atoms with Crippen LogP contribution in [-0.4, -0.2) is 202 Å². The Labute approximate surface area is 467 Å². The summed E-state index contributed by atoms with van der Waals surface area (Å²) in [6.07, 6.45) is 0.874. The number of hydrogen-bond acceptors (Lipinski definition) is 18. The number of carboxylic acids is 1. The summed E-state index contributed by atoms with van der Waals surface area (Å²) in [5.41, 5.74) is 28.1. The highest BCUT2D eigenvalue weighted by Gasteiger charge is 2.38. The van der Waals surface area contributed by atoms with Crippen molar-refractivity contribution >= 4 is 82.8 Å². The van der Waals surface area contributed by atoms with Crippen LogP contribution in [0.15, 0.2) is 29.3 Å². The molecule has 448 valence electrons. The second kappa shape index (κ2) is 35.3. The Hall–Kier alpha value is -7.35. The van der Waals surface area contributed by atoms with E-state index in [1.165, 1.54) is 43.0 Å². The lowest BCUT2D eigenvalue weighted by molar-refractivity contribution is -0.143. The molecule has 10 amide bonds. The van der Waals surface area contributed by atoms with Crippen LogP contribution in [0.1, 0.15) is 84.1 Å². The van der Waals surface area contributed by atoms with Gasteiger partial charge >= 0.3 is 5.97 Å². The minimum Gasteiger partial charge on any atom is -0.508 e. The number of nitrogens with zero attached hydrogens (tertiary/aromatic N) is 2. The molecular weight excluding hydrogens is 1070 g/mol. The van der Waals surface area contributed by atoms with E-state index in [-0.39, 0.29) is 63.4 Å². The van der Waals surface area contributed by atoms with E-state index in [4.69, 9.17) is 28.7 Å². The molecule has 1 heterocycles. The number of aliphatic carboxylic acids is 1. The van der Waals surface area contributed by atoms with E-state index in [9.17, 15) is 73.2 Å². The maximum atomic E-state index is 13.9. The van der Waals surface area contributed by atoms with E-state index in [1.807, 2.05) is 0 Å². The maximum absolute atomic E-state index is 13.9. The maximum Gasteiger partial charge on any atom is 0.326 e. The van der Waals surface area contributed by atoms with Gasteiger partial charge in [0.05, 0.1) is 31.7 Å². The number of carbonyl (C=O) groups excluding carboxylic acids is 10. The quantitative estimate of drug-likeness (QED) is 0.0169. The first-order valence-electron chi connectivity index (χ1n) is 26.0. The molecule has 31 heteroatoms. The Bertz CT molecular complexity index is 2310. The van der Waals surface area contributed by atoms with Crippen LogP contribution in [0, 0.1) is 5.92 Å². The molecule has 10 atom stereocenters. The number of hydrogen-bond donors (Lipinski definition) is 17. The molecule has 0 unspecified atom stereocenters. The van der Waals surface area contributed by atoms with E-state index in [1.54, 1.807) is 20.1 Å². The highest BCUT2D eigenvalue weighted by molar-refractivity contribution is 7.98. The predicted molar refractivity (Wildman–Crippen MR) is 292 cm³/mol. The van der Waals surface area contributed by atoms with Crippen molar-refractivity contribution in [1.82, 2.24) is 47.4 Å². The number of aliphatic imine (C=N–C) groups is 1. The fraction of sp³-hybridized carbons (Fsp3) is 0.633. The fourth-order valence-corrected chi connectivity index (χ4v) is 8.57. The lowest BCUT2D eigenvalue weighted by atomic mass is 10.0. The summed E-state index contributed by atoms with van der Waals surface area (Å²) in [7, 11) is 0. The summed E-state index contributed by atoms with van der Waals surface area (Å²) in [6.45, 7) is 3.07. The van der Waals surface area contributed by atoms with Crippen LogP contribution in [-0.2, 0) is 59.2 Å². The van der Waals surface area contributed by atoms with Gasteiger partial charge in [-0.15, -0.1) is 0 Å². The average molecular weight is 1150 g/mol. The number of rotatable bonds is 36. The second-order valence-corrected chi connectivity index (χ2v) is 20.4. The molecule has 0 aliphatic carbocycles. The van der Waals surface area contributed by atoms with Crippen molar-refractivity contribution in [2.45, 2.75) is 145 Å². The number of guanidine groups is 1. The number of unbranched alkanes of at least 4 members (excludes halogenated alkanes) is 1. The third-order valence-corrected chi connectivity index (χ3v) is 13.2. The van der Waals surface area contributed by atoms with E-state index >= 15 is 0 Å². The van der Waals surface area contributed by atoms with Gasteiger partial charge in [0, 0.05) is 19.5 Å². The first-order chi connectivity index (χ1) is 37.7. The summed E-state index contributed by atoms with van der Waals surface area (Å²) in [5, 5.41) is 59.6. The second-order valence-electron chi connectivity index (χ2n) is 19.4. The molecule has 1 saturated heterocycles. The van der Waals surface area contributed by atoms with E-state index < -0.39 is 151 Å². The lowest BCUT2D eigenvalue weighted by Gasteiger charge is -2.28. The van der Waals surface area contributed by atoms with Crippen LogP contribution in [0.4, 0.5) is 0 Å². The van der Waals surface area contributed by atoms with E-state index in [0.29, 0.717) is 37.0 Å². The third-order valence-electron chi connectivity index (χ3n) is 12.6. The molecule has 0 bridgehead atoms. The highest BCUT2D eigenvalue weighted by atomic mass is 32.2. The molecule has 1 aromatic carbocycles. The summed E-state index contributed by atoms with van der Waals surface area (Å²) < 4.78 is 0. The van der Waals surface area contributed by atoms with Gasteiger partial charge in [-0.05, 0) is 100 Å². The van der Waals surface area contributed by atoms with Crippen molar-refractivity contribution in [3.05, 3.63) is 29.8 Å². The van der Waals surface area contributed by atoms with Gasteiger partial charge < -0.3 is 96.5 Å². The SMILES string of the molecule is CSCC[C@H](NC(=O)[C@@H]1CCCN1C(=O)CNC(=O)[C@H](CO)NC(=O)[C@H](Cc1ccc(O)cc1)NC(=O)[C@@H](NC(=O)[C@@H](N)CCCN=C(N)N)[C@@H](C)O)C(=O)N[C@@H](CC(N)=O)C(=O)N[C@@H](CCCCN)C(=O)N[C@H](C(=O)O)C(C)C. The standard InChI is InChI=1S/C49H81N15O15S/c1-25(2)38(48(78)79)62-43(73)30(10-5-6-17-50)57-45(75)33(22-36(52)68)59-42(72)31(16-20-80-4)58-46(76)35-11-8-19-64(35)37(69)23-56-41(71)34(24-65)61-44(74)32(21-27-12-14-28(67)15-13-27)60-47(77)39(26(3)66)63-40(70)29(51)9-7-18-55-49(53)54/h12-15,25-26,29-35,38-39,65-67H,5-11,16-24,50-51H2,1-4H3,(H2,52,68)(H,56,71)(H,57,75)(H,58,76)(H,59,72)(H,60,77)(H,61,74)(H,62,73)(H,63,70)(H,78,79)(H4,53,54,55)/t26-,29+,30+,31+,32+,33+,34+,35+,38+,39+/m1/s1. The van der Waals surface area contributed by atoms with E-state index in [2.05, 4.69) is 47.5 Å². The van der Waals surface area contributed by atoms with Gasteiger partial charge in [0.25, 0.3) is 0 Å². The number of amides is 10. The normalized spacial score (nSPS) is 16.4. The van der Waals surface area contributed by atoms with Crippen molar-refractivity contribution in [2.24, 2.45) is 39.6 Å². The zero-order valence-corrected chi connectivity index (χ0v) is 46.3. The van der Waals surface area contributed by atoms with Crippen molar-refractivity contribution in [2.75, 3.05) is 44.8 Å². The third kappa shape index (κ3) is 23.9. The number of thioether (sulfide) groups is 1. The molecule has 0 saturated carbocycles. The Morgan fingerprint density at radius 3 is 1.86 bits per heavy atom. The van der Waals surface area contributed by atoms with Crippen molar-refractivity contribution in [3.8, 4) is 5.75 Å². The van der Waals surface area contributed by atoms with Gasteiger partial charge in [-0.1, -0.05) is 26.0 Å². The van der Waals surface area contributed by atoms with Gasteiger partial charge in [0.2, 0.25) is 59.1 Å². The Morgan fingerprint density at radius 1 is 0.713 bits per heavy atom. The first kappa shape index (κ1) is 68.8. The van der Waals surface area contributed by atoms with Crippen molar-refractivity contribution < 1.29 is 73.2 Å². The molecule has 30 nitrogen and oxygen atoms in total. The molecule has 1 aliphatic heterocycles. The smallest absolute Gasteiger partial charge is 0.326 e. The first-order valence-corrected chi connectivity index (χ1v) is 27.4. The lowest BCUT2D eigenvalue weighted by Crippen LogP contribution is -2.61. The number of primary amides is 1. The number of nitrogens with one attached hydrogen (secondary N) is 8. The van der Waals surface area contributed by atoms with Gasteiger partial charge in [-0.2, -0.15) is 11.8 Å². The molecular formula is C49H81N15O15S. The summed E-state index contributed by atoms with van der Waals surface area (Å²) in [4.78, 5) is 151. The van der Waals surface area contributed by atoms with Crippen LogP contribution in [0.5, 0.6) is 5.75 Å². The van der Waals surface area contributed by atoms with Crippen LogP contribution in [0.2, 0.25) is 0 Å². The Kier molecular flexibility index (Phi) is 30.3. The molecule has 1 aliphatic rings. The number of carbonyl (C=O) groups is 11. The molecule has 0 radical (unpaired) electrons. The number of aliphatic hydroxyl groups is 2. The Balaban J connectivity index is 2.23. The zero-order valence-electron chi connectivity index (χ0n) is 45.4. The largest absolute Gasteiger partial charge is 0.508 e. The summed E-state index contributed by atoms with van der Waals surface area (Å²) >= 11 is 1.32. The molecule has 1 aromatic rings. The number of aliphatic hydroxyl groups excluding tert-OH is 2. The number of aromatic hydroxyl groups is 1. The van der Waals surface area contributed by atoms with Crippen molar-refractivity contribution in [1.29, 1.82) is 0 Å². The predicted octanol–water partition coefficient (Wildman–Crippen LogP) is -6.31. The highest BCUT2D eigenvalue weighted by Crippen LogP contribution is 2.19. The molecule has 22 N–H and O–H groups in total. The minimum absolute atomic E-state index is 0.0000760. The zero-order chi connectivity index (χ0) is 60.2. The monoisotopic (exact) mass is 1150 g/mol. The van der Waals surface area contributed by atoms with Gasteiger partial charge in [0.1, 0.15) is 54.1 Å².